The van der Waals surface area contributed by atoms with E-state index in [1.807, 2.05) is 19.0 Å². The summed E-state index contributed by atoms with van der Waals surface area (Å²) in [5, 5.41) is 45.7. The van der Waals surface area contributed by atoms with E-state index in [9.17, 15) is 34.8 Å². The number of aliphatic hydroxyl groups is 3. The molecule has 0 saturated heterocycles. The molecule has 4 atom stereocenters. The first-order chi connectivity index (χ1) is 19.3. The highest BCUT2D eigenvalue weighted by Gasteiger charge is 2.64. The van der Waals surface area contributed by atoms with Crippen LogP contribution in [0.2, 0.25) is 0 Å². The van der Waals surface area contributed by atoms with E-state index < -0.39 is 58.0 Å². The van der Waals surface area contributed by atoms with Gasteiger partial charge in [0.2, 0.25) is 5.78 Å². The number of primary amides is 1. The fourth-order valence-electron chi connectivity index (χ4n) is 6.89. The standard InChI is InChI=1S/C31H35N3O7/c1-33(2)20-14-16(11-10-15-8-6-5-7-9-15)25(35)22-18(20)12-17-13-19-24(34(3)4)27(37)23(30(32)40)29(39)31(19,41)28(38)21(17)26(22)36/h8,14,17,19,24,35-36,39,41H,5-7,9,12-13H2,1-4H3,(H2,32,40)/t17-,19+,24+,31-/m1/s1. The van der Waals surface area contributed by atoms with Crippen LogP contribution in [0.1, 0.15) is 48.8 Å². The van der Waals surface area contributed by atoms with Gasteiger partial charge in [0, 0.05) is 31.3 Å². The number of phenolic OH excluding ortho intramolecular Hbond substituents is 1. The summed E-state index contributed by atoms with van der Waals surface area (Å²) in [6.45, 7) is 0. The molecule has 6 N–H and O–H groups in total. The van der Waals surface area contributed by atoms with Crippen LogP contribution >= 0.6 is 0 Å². The Balaban J connectivity index is 1.71. The van der Waals surface area contributed by atoms with E-state index in [1.165, 1.54) is 4.90 Å². The number of aliphatic hydroxyl groups excluding tert-OH is 2. The zero-order valence-corrected chi connectivity index (χ0v) is 23.6. The smallest absolute Gasteiger partial charge is 0.255 e. The fraction of sp³-hybridized carbons (Fsp3) is 0.452. The molecule has 4 aliphatic rings. The number of ketones is 2. The van der Waals surface area contributed by atoms with Crippen LogP contribution in [0.15, 0.2) is 34.6 Å². The van der Waals surface area contributed by atoms with Gasteiger partial charge in [-0.2, -0.15) is 0 Å². The van der Waals surface area contributed by atoms with Crippen molar-refractivity contribution >= 4 is 28.9 Å². The first-order valence-corrected chi connectivity index (χ1v) is 13.7. The lowest BCUT2D eigenvalue weighted by Gasteiger charge is -2.50. The predicted octanol–water partition coefficient (Wildman–Crippen LogP) is 1.88. The third-order valence-electron chi connectivity index (χ3n) is 8.83. The van der Waals surface area contributed by atoms with Crippen LogP contribution in [-0.4, -0.2) is 82.6 Å². The lowest BCUT2D eigenvalue weighted by Crippen LogP contribution is -2.65. The largest absolute Gasteiger partial charge is 0.508 e. The molecular weight excluding hydrogens is 526 g/mol. The average molecular weight is 562 g/mol. The summed E-state index contributed by atoms with van der Waals surface area (Å²) in [7, 11) is 6.79. The van der Waals surface area contributed by atoms with Gasteiger partial charge in [-0.25, -0.2) is 0 Å². The predicted molar refractivity (Wildman–Crippen MR) is 152 cm³/mol. The number of anilines is 1. The summed E-state index contributed by atoms with van der Waals surface area (Å²) in [6.07, 6.45) is 6.28. The van der Waals surface area contributed by atoms with E-state index in [2.05, 4.69) is 17.9 Å². The quantitative estimate of drug-likeness (QED) is 0.274. The minimum Gasteiger partial charge on any atom is -0.508 e. The summed E-state index contributed by atoms with van der Waals surface area (Å²) < 4.78 is 0. The van der Waals surface area contributed by atoms with Crippen LogP contribution < -0.4 is 10.6 Å². The van der Waals surface area contributed by atoms with Crippen molar-refractivity contribution in [2.75, 3.05) is 33.1 Å². The number of hydrogen-bond acceptors (Lipinski definition) is 9. The summed E-state index contributed by atoms with van der Waals surface area (Å²) in [4.78, 5) is 42.8. The number of aromatic hydroxyl groups is 1. The van der Waals surface area contributed by atoms with E-state index in [0.717, 1.165) is 31.3 Å². The molecule has 0 aromatic heterocycles. The SMILES string of the molecule is CN(C)c1cc(C#CC2=CCCCC2)c(O)c2c1C[C@@H]1C[C@H]3[C@H](N(C)C)C(=O)C(C(N)=O)=C(O)[C@]3(O)C(=O)C1=C2O. The Kier molecular flexibility index (Phi) is 7.00. The molecule has 0 bridgehead atoms. The Labute approximate surface area is 238 Å². The topological polar surface area (TPSA) is 165 Å². The number of nitrogens with zero attached hydrogens (tertiary/aromatic N) is 2. The number of carbonyl (C=O) groups excluding carboxylic acids is 3. The van der Waals surface area contributed by atoms with E-state index in [-0.39, 0.29) is 35.3 Å². The van der Waals surface area contributed by atoms with E-state index >= 15 is 0 Å². The maximum Gasteiger partial charge on any atom is 0.255 e. The average Bonchev–Trinajstić information content (AvgIpc) is 2.90. The van der Waals surface area contributed by atoms with Gasteiger partial charge in [-0.05, 0) is 75.7 Å². The molecule has 41 heavy (non-hydrogen) atoms. The number of carbonyl (C=O) groups is 3. The molecule has 0 aliphatic heterocycles. The van der Waals surface area contributed by atoms with Crippen molar-refractivity contribution in [2.45, 2.75) is 50.2 Å². The second-order valence-electron chi connectivity index (χ2n) is 11.7. The van der Waals surface area contributed by atoms with Gasteiger partial charge in [0.05, 0.1) is 17.2 Å². The van der Waals surface area contributed by atoms with Gasteiger partial charge < -0.3 is 31.1 Å². The minimum atomic E-state index is -2.67. The molecule has 1 fully saturated rings. The molecule has 0 spiro atoms. The number of Topliss-reactive ketones (excluding diaryl/α,β-unsaturated/α-hetero) is 2. The van der Waals surface area contributed by atoms with E-state index in [0.29, 0.717) is 11.3 Å². The van der Waals surface area contributed by atoms with Gasteiger partial charge in [-0.3, -0.25) is 19.3 Å². The van der Waals surface area contributed by atoms with Gasteiger partial charge in [0.15, 0.2) is 11.4 Å². The number of allylic oxidation sites excluding steroid dienone is 2. The van der Waals surface area contributed by atoms with Gasteiger partial charge in [0.25, 0.3) is 5.91 Å². The third-order valence-corrected chi connectivity index (χ3v) is 8.83. The van der Waals surface area contributed by atoms with Crippen molar-refractivity contribution in [2.24, 2.45) is 17.6 Å². The number of hydrogen-bond donors (Lipinski definition) is 5. The van der Waals surface area contributed by atoms with Crippen LogP contribution in [0, 0.1) is 23.7 Å². The molecular formula is C31H35N3O7. The Bertz CT molecular complexity index is 1540. The molecule has 0 radical (unpaired) electrons. The van der Waals surface area contributed by atoms with Crippen LogP contribution in [0.4, 0.5) is 5.69 Å². The zero-order valence-electron chi connectivity index (χ0n) is 23.6. The molecule has 5 rings (SSSR count). The monoisotopic (exact) mass is 561 g/mol. The third kappa shape index (κ3) is 4.23. The van der Waals surface area contributed by atoms with Crippen LogP contribution in [0.25, 0.3) is 5.76 Å². The molecule has 216 valence electrons. The molecule has 10 nitrogen and oxygen atoms in total. The van der Waals surface area contributed by atoms with E-state index in [4.69, 9.17) is 5.73 Å². The first-order valence-electron chi connectivity index (χ1n) is 13.7. The highest BCUT2D eigenvalue weighted by atomic mass is 16.3. The Morgan fingerprint density at radius 2 is 1.80 bits per heavy atom. The maximum absolute atomic E-state index is 14.1. The van der Waals surface area contributed by atoms with Crippen molar-refractivity contribution in [3.05, 3.63) is 51.3 Å². The molecule has 1 aromatic carbocycles. The number of rotatable bonds is 3. The van der Waals surface area contributed by atoms with Gasteiger partial charge in [0.1, 0.15) is 22.8 Å². The first kappa shape index (κ1) is 28.5. The van der Waals surface area contributed by atoms with Crippen molar-refractivity contribution in [3.8, 4) is 17.6 Å². The molecule has 0 unspecified atom stereocenters. The Morgan fingerprint density at radius 1 is 1.10 bits per heavy atom. The number of amides is 1. The molecule has 0 heterocycles. The Hall–Kier alpha value is -4.07. The van der Waals surface area contributed by atoms with Gasteiger partial charge in [-0.15, -0.1) is 0 Å². The normalized spacial score (nSPS) is 27.5. The molecule has 10 heteroatoms. The second kappa shape index (κ2) is 10.1. The maximum atomic E-state index is 14.1. The highest BCUT2D eigenvalue weighted by molar-refractivity contribution is 6.24. The summed E-state index contributed by atoms with van der Waals surface area (Å²) in [5.74, 6) is -0.604. The second-order valence-corrected chi connectivity index (χ2v) is 11.7. The number of fused-ring (bicyclic) bond motifs is 3. The molecule has 1 amide bonds. The zero-order chi connectivity index (χ0) is 30.0. The summed E-state index contributed by atoms with van der Waals surface area (Å²) in [6, 6.07) is 0.630. The summed E-state index contributed by atoms with van der Waals surface area (Å²) >= 11 is 0. The fourth-order valence-corrected chi connectivity index (χ4v) is 6.89. The molecule has 4 aliphatic carbocycles. The molecule has 1 saturated carbocycles. The number of likely N-dealkylation sites (N-methyl/N-ethyl adjacent to an activating group) is 1. The lowest BCUT2D eigenvalue weighted by molar-refractivity contribution is -0.153. The molecule has 1 aromatic rings. The number of phenols is 1. The van der Waals surface area contributed by atoms with Crippen molar-refractivity contribution in [3.63, 3.8) is 0 Å². The van der Waals surface area contributed by atoms with Gasteiger partial charge in [-0.1, -0.05) is 17.9 Å². The van der Waals surface area contributed by atoms with Crippen molar-refractivity contribution < 1.29 is 34.8 Å². The summed E-state index contributed by atoms with van der Waals surface area (Å²) in [5.41, 5.74) is 4.29. The van der Waals surface area contributed by atoms with Crippen molar-refractivity contribution in [1.82, 2.24) is 4.90 Å². The number of benzene rings is 1. The van der Waals surface area contributed by atoms with Crippen LogP contribution in [-0.2, 0) is 20.8 Å². The van der Waals surface area contributed by atoms with Gasteiger partial charge >= 0.3 is 0 Å². The Morgan fingerprint density at radius 3 is 2.39 bits per heavy atom. The van der Waals surface area contributed by atoms with Crippen LogP contribution in [0.5, 0.6) is 5.75 Å². The van der Waals surface area contributed by atoms with Crippen LogP contribution in [0.3, 0.4) is 0 Å². The van der Waals surface area contributed by atoms with Crippen molar-refractivity contribution in [1.29, 1.82) is 0 Å². The lowest BCUT2D eigenvalue weighted by atomic mass is 9.57. The van der Waals surface area contributed by atoms with E-state index in [1.54, 1.807) is 20.2 Å². The number of nitrogens with two attached hydrogens (primary N) is 1. The minimum absolute atomic E-state index is 0.0365. The highest BCUT2D eigenvalue weighted by Crippen LogP contribution is 2.54.